The molecule has 1 N–H and O–H groups in total. The molecule has 2 rings (SSSR count). The van der Waals surface area contributed by atoms with E-state index in [9.17, 15) is 23.1 Å². The van der Waals surface area contributed by atoms with Crippen LogP contribution in [0.25, 0.3) is 0 Å². The van der Waals surface area contributed by atoms with Gasteiger partial charge in [0.1, 0.15) is 5.82 Å². The first-order chi connectivity index (χ1) is 8.77. The van der Waals surface area contributed by atoms with E-state index in [1.54, 1.807) is 6.92 Å². The first kappa shape index (κ1) is 13.9. The Morgan fingerprint density at radius 3 is 2.32 bits per heavy atom. The number of benzene rings is 1. The fourth-order valence-corrected chi connectivity index (χ4v) is 2.65. The van der Waals surface area contributed by atoms with Crippen LogP contribution in [-0.2, 0) is 10.2 Å². The van der Waals surface area contributed by atoms with Crippen molar-refractivity contribution in [3.05, 3.63) is 35.1 Å². The van der Waals surface area contributed by atoms with Gasteiger partial charge in [0.25, 0.3) is 0 Å². The molecule has 0 heterocycles. The Balaban J connectivity index is 2.47. The summed E-state index contributed by atoms with van der Waals surface area (Å²) in [4.78, 5) is 11.5. The number of hydrogen-bond acceptors (Lipinski definition) is 1. The monoisotopic (exact) mass is 272 g/mol. The van der Waals surface area contributed by atoms with Crippen LogP contribution >= 0.6 is 0 Å². The molecule has 1 aromatic carbocycles. The Labute approximate surface area is 109 Å². The van der Waals surface area contributed by atoms with Crippen molar-refractivity contribution in [1.82, 2.24) is 0 Å². The van der Waals surface area contributed by atoms with Crippen molar-refractivity contribution in [2.24, 2.45) is 0 Å². The molecule has 0 saturated heterocycles. The zero-order valence-electron chi connectivity index (χ0n) is 10.5. The highest BCUT2D eigenvalue weighted by molar-refractivity contribution is 5.81. The molecule has 0 aromatic heterocycles. The van der Waals surface area contributed by atoms with E-state index in [-0.39, 0.29) is 18.4 Å². The molecular formula is C14H15F3O2. The van der Waals surface area contributed by atoms with Gasteiger partial charge in [-0.1, -0.05) is 17.7 Å². The molecule has 104 valence electrons. The first-order valence-electron chi connectivity index (χ1n) is 6.15. The van der Waals surface area contributed by atoms with Gasteiger partial charge in [0, 0.05) is 18.4 Å². The van der Waals surface area contributed by atoms with Crippen LogP contribution in [0.1, 0.15) is 36.8 Å². The molecule has 0 bridgehead atoms. The summed E-state index contributed by atoms with van der Waals surface area (Å²) in [7, 11) is 0. The molecule has 0 aliphatic heterocycles. The topological polar surface area (TPSA) is 37.3 Å². The summed E-state index contributed by atoms with van der Waals surface area (Å²) in [6.45, 7) is 1.72. The highest BCUT2D eigenvalue weighted by Crippen LogP contribution is 2.46. The fraction of sp³-hybridized carbons (Fsp3) is 0.500. The Morgan fingerprint density at radius 2 is 1.79 bits per heavy atom. The van der Waals surface area contributed by atoms with Crippen molar-refractivity contribution in [1.29, 1.82) is 0 Å². The van der Waals surface area contributed by atoms with E-state index in [1.807, 2.05) is 0 Å². The number of carboxylic acids is 1. The maximum Gasteiger partial charge on any atom is 0.314 e. The lowest BCUT2D eigenvalue weighted by Gasteiger charge is -2.37. The van der Waals surface area contributed by atoms with Crippen LogP contribution in [0.15, 0.2) is 18.2 Å². The van der Waals surface area contributed by atoms with Gasteiger partial charge in [0.15, 0.2) is 0 Å². The number of rotatable bonds is 2. The molecule has 1 aliphatic carbocycles. The van der Waals surface area contributed by atoms with Crippen LogP contribution in [0.2, 0.25) is 0 Å². The predicted molar refractivity (Wildman–Crippen MR) is 63.9 cm³/mol. The van der Waals surface area contributed by atoms with Gasteiger partial charge < -0.3 is 5.11 Å². The van der Waals surface area contributed by atoms with E-state index in [2.05, 4.69) is 0 Å². The van der Waals surface area contributed by atoms with Gasteiger partial charge >= 0.3 is 5.97 Å². The molecule has 0 amide bonds. The van der Waals surface area contributed by atoms with Gasteiger partial charge in [-0.3, -0.25) is 4.79 Å². The second-order valence-electron chi connectivity index (χ2n) is 5.23. The summed E-state index contributed by atoms with van der Waals surface area (Å²) in [5.41, 5.74) is -0.789. The number of carboxylic acid groups (broad SMARTS) is 1. The largest absolute Gasteiger partial charge is 0.481 e. The molecule has 0 atom stereocenters. The predicted octanol–water partition coefficient (Wildman–Crippen LogP) is 3.67. The molecule has 1 saturated carbocycles. The van der Waals surface area contributed by atoms with E-state index < -0.39 is 36.0 Å². The Bertz CT molecular complexity index is 501. The summed E-state index contributed by atoms with van der Waals surface area (Å²) < 4.78 is 40.3. The molecule has 1 aromatic rings. The fourth-order valence-electron chi connectivity index (χ4n) is 2.65. The minimum Gasteiger partial charge on any atom is -0.481 e. The van der Waals surface area contributed by atoms with Crippen LogP contribution < -0.4 is 0 Å². The van der Waals surface area contributed by atoms with Crippen molar-refractivity contribution in [3.8, 4) is 0 Å². The van der Waals surface area contributed by atoms with E-state index >= 15 is 0 Å². The molecule has 1 fully saturated rings. The third kappa shape index (κ3) is 2.46. The number of carbonyl (C=O) groups is 1. The standard InChI is InChI=1S/C14H15F3O2/c1-9-2-3-11(15)10(8-9)13(12(18)19)4-6-14(16,17)7-5-13/h2-3,8H,4-7H2,1H3,(H,18,19). The Morgan fingerprint density at radius 1 is 1.21 bits per heavy atom. The summed E-state index contributed by atoms with van der Waals surface area (Å²) in [6, 6.07) is 4.18. The van der Waals surface area contributed by atoms with Crippen LogP contribution in [-0.4, -0.2) is 17.0 Å². The third-order valence-electron chi connectivity index (χ3n) is 3.88. The smallest absolute Gasteiger partial charge is 0.314 e. The Kier molecular flexibility index (Phi) is 3.32. The number of halogens is 3. The maximum absolute atomic E-state index is 13.9. The third-order valence-corrected chi connectivity index (χ3v) is 3.88. The second kappa shape index (κ2) is 4.54. The molecule has 5 heteroatoms. The van der Waals surface area contributed by atoms with E-state index in [0.717, 1.165) is 0 Å². The van der Waals surface area contributed by atoms with Gasteiger partial charge in [-0.2, -0.15) is 0 Å². The molecule has 0 spiro atoms. The average Bonchev–Trinajstić information content (AvgIpc) is 2.33. The number of aliphatic carboxylic acids is 1. The number of hydrogen-bond donors (Lipinski definition) is 1. The van der Waals surface area contributed by atoms with Gasteiger partial charge in [0.05, 0.1) is 5.41 Å². The van der Waals surface area contributed by atoms with E-state index in [4.69, 9.17) is 0 Å². The molecule has 19 heavy (non-hydrogen) atoms. The molecule has 0 unspecified atom stereocenters. The van der Waals surface area contributed by atoms with Crippen molar-refractivity contribution in [2.75, 3.05) is 0 Å². The zero-order chi connectivity index (χ0) is 14.3. The lowest BCUT2D eigenvalue weighted by atomic mass is 9.68. The minimum atomic E-state index is -2.85. The molecule has 2 nitrogen and oxygen atoms in total. The quantitative estimate of drug-likeness (QED) is 0.892. The average molecular weight is 272 g/mol. The maximum atomic E-state index is 13.9. The van der Waals surface area contributed by atoms with E-state index in [1.165, 1.54) is 18.2 Å². The lowest BCUT2D eigenvalue weighted by molar-refractivity contribution is -0.149. The van der Waals surface area contributed by atoms with Crippen molar-refractivity contribution < 1.29 is 23.1 Å². The number of alkyl halides is 2. The first-order valence-corrected chi connectivity index (χ1v) is 6.15. The Hall–Kier alpha value is -1.52. The highest BCUT2D eigenvalue weighted by Gasteiger charge is 2.50. The van der Waals surface area contributed by atoms with Gasteiger partial charge in [-0.15, -0.1) is 0 Å². The second-order valence-corrected chi connectivity index (χ2v) is 5.23. The summed E-state index contributed by atoms with van der Waals surface area (Å²) in [5.74, 6) is -4.72. The van der Waals surface area contributed by atoms with Crippen molar-refractivity contribution >= 4 is 5.97 Å². The van der Waals surface area contributed by atoms with Gasteiger partial charge in [-0.05, 0) is 25.8 Å². The van der Waals surface area contributed by atoms with Crippen molar-refractivity contribution in [3.63, 3.8) is 0 Å². The van der Waals surface area contributed by atoms with Crippen molar-refractivity contribution in [2.45, 2.75) is 43.9 Å². The highest BCUT2D eigenvalue weighted by atomic mass is 19.3. The molecule has 0 radical (unpaired) electrons. The summed E-state index contributed by atoms with van der Waals surface area (Å²) in [5, 5.41) is 9.42. The number of aryl methyl sites for hydroxylation is 1. The SMILES string of the molecule is Cc1ccc(F)c(C2(C(=O)O)CCC(F)(F)CC2)c1. The van der Waals surface area contributed by atoms with Crippen LogP contribution in [0.3, 0.4) is 0 Å². The van der Waals surface area contributed by atoms with E-state index in [0.29, 0.717) is 5.56 Å². The van der Waals surface area contributed by atoms with Crippen LogP contribution in [0, 0.1) is 12.7 Å². The normalized spacial score (nSPS) is 21.1. The lowest BCUT2D eigenvalue weighted by Crippen LogP contribution is -2.43. The van der Waals surface area contributed by atoms with Gasteiger partial charge in [-0.25, -0.2) is 13.2 Å². The van der Waals surface area contributed by atoms with Gasteiger partial charge in [0.2, 0.25) is 5.92 Å². The summed E-state index contributed by atoms with van der Waals surface area (Å²) in [6.07, 6.45) is -1.52. The molecule has 1 aliphatic rings. The van der Waals surface area contributed by atoms with Crippen LogP contribution in [0.5, 0.6) is 0 Å². The zero-order valence-corrected chi connectivity index (χ0v) is 10.5. The minimum absolute atomic E-state index is 0.0236. The molecular weight excluding hydrogens is 257 g/mol. The summed E-state index contributed by atoms with van der Waals surface area (Å²) >= 11 is 0. The van der Waals surface area contributed by atoms with Crippen LogP contribution in [0.4, 0.5) is 13.2 Å².